The van der Waals surface area contributed by atoms with Crippen molar-refractivity contribution in [2.75, 3.05) is 5.32 Å². The van der Waals surface area contributed by atoms with Gasteiger partial charge in [0, 0.05) is 29.5 Å². The molecule has 8 heteroatoms. The first-order valence-electron chi connectivity index (χ1n) is 9.28. The van der Waals surface area contributed by atoms with Gasteiger partial charge in [-0.1, -0.05) is 6.07 Å². The number of halogens is 1. The number of aromatic nitrogens is 5. The molecule has 7 nitrogen and oxygen atoms in total. The van der Waals surface area contributed by atoms with Gasteiger partial charge >= 0.3 is 0 Å². The maximum atomic E-state index is 14.3. The van der Waals surface area contributed by atoms with Crippen molar-refractivity contribution < 1.29 is 4.39 Å². The molecule has 1 aliphatic carbocycles. The van der Waals surface area contributed by atoms with Gasteiger partial charge in [0.1, 0.15) is 17.6 Å². The van der Waals surface area contributed by atoms with E-state index in [9.17, 15) is 9.65 Å². The maximum Gasteiger partial charge on any atom is 0.223 e. The number of nitriles is 1. The monoisotopic (exact) mass is 385 g/mol. The minimum Gasteiger partial charge on any atom is -0.343 e. The molecule has 142 valence electrons. The summed E-state index contributed by atoms with van der Waals surface area (Å²) in [6.07, 6.45) is 7.58. The SMILES string of the molecule is N#Cc1n[nH]c2ccc(-c3cnc(NC4(c5ncccc5F)CCC4)nc3)cc12. The molecule has 0 aliphatic heterocycles. The second-order valence-electron chi connectivity index (χ2n) is 7.13. The van der Waals surface area contributed by atoms with E-state index in [2.05, 4.69) is 36.5 Å². The Balaban J connectivity index is 1.43. The smallest absolute Gasteiger partial charge is 0.223 e. The molecular weight excluding hydrogens is 369 g/mol. The van der Waals surface area contributed by atoms with Gasteiger partial charge in [-0.05, 0) is 49.1 Å². The van der Waals surface area contributed by atoms with Gasteiger partial charge in [-0.2, -0.15) is 10.4 Å². The third kappa shape index (κ3) is 2.88. The Labute approximate surface area is 165 Å². The zero-order valence-corrected chi connectivity index (χ0v) is 15.4. The lowest BCUT2D eigenvalue weighted by atomic mass is 9.74. The molecule has 3 aromatic heterocycles. The van der Waals surface area contributed by atoms with Crippen molar-refractivity contribution in [2.45, 2.75) is 24.8 Å². The molecule has 4 aromatic rings. The molecular formula is C21H16FN7. The number of H-pyrrole nitrogens is 1. The van der Waals surface area contributed by atoms with Gasteiger partial charge in [-0.25, -0.2) is 14.4 Å². The van der Waals surface area contributed by atoms with Crippen molar-refractivity contribution in [2.24, 2.45) is 0 Å². The summed E-state index contributed by atoms with van der Waals surface area (Å²) in [7, 11) is 0. The van der Waals surface area contributed by atoms with Gasteiger partial charge < -0.3 is 5.32 Å². The van der Waals surface area contributed by atoms with E-state index in [-0.39, 0.29) is 5.82 Å². The first-order chi connectivity index (χ1) is 14.2. The van der Waals surface area contributed by atoms with Gasteiger partial charge in [-0.15, -0.1) is 0 Å². The summed E-state index contributed by atoms with van der Waals surface area (Å²) in [5.74, 6) is 0.110. The molecule has 0 saturated heterocycles. The summed E-state index contributed by atoms with van der Waals surface area (Å²) < 4.78 is 14.3. The number of hydrogen-bond donors (Lipinski definition) is 2. The van der Waals surface area contributed by atoms with Crippen LogP contribution in [0.5, 0.6) is 0 Å². The largest absolute Gasteiger partial charge is 0.343 e. The summed E-state index contributed by atoms with van der Waals surface area (Å²) in [5, 5.41) is 20.0. The highest BCUT2D eigenvalue weighted by atomic mass is 19.1. The number of fused-ring (bicyclic) bond motifs is 1. The number of rotatable bonds is 4. The Morgan fingerprint density at radius 2 is 1.93 bits per heavy atom. The molecule has 29 heavy (non-hydrogen) atoms. The van der Waals surface area contributed by atoms with Crippen molar-refractivity contribution >= 4 is 16.9 Å². The lowest BCUT2D eigenvalue weighted by Crippen LogP contribution is -2.44. The predicted octanol–water partition coefficient (Wildman–Crippen LogP) is 3.92. The highest BCUT2D eigenvalue weighted by molar-refractivity contribution is 5.88. The van der Waals surface area contributed by atoms with E-state index >= 15 is 0 Å². The fourth-order valence-corrected chi connectivity index (χ4v) is 3.72. The van der Waals surface area contributed by atoms with E-state index in [0.29, 0.717) is 17.3 Å². The summed E-state index contributed by atoms with van der Waals surface area (Å²) in [5.41, 5.74) is 2.70. The van der Waals surface area contributed by atoms with E-state index in [1.165, 1.54) is 6.07 Å². The molecule has 0 radical (unpaired) electrons. The molecule has 0 unspecified atom stereocenters. The van der Waals surface area contributed by atoms with Crippen molar-refractivity contribution in [3.05, 3.63) is 66.1 Å². The van der Waals surface area contributed by atoms with Crippen LogP contribution in [-0.2, 0) is 5.54 Å². The van der Waals surface area contributed by atoms with Crippen LogP contribution in [0, 0.1) is 17.1 Å². The number of benzene rings is 1. The third-order valence-electron chi connectivity index (χ3n) is 5.42. The Bertz CT molecular complexity index is 1240. The van der Waals surface area contributed by atoms with E-state index in [1.54, 1.807) is 24.7 Å². The fourth-order valence-electron chi connectivity index (χ4n) is 3.72. The molecule has 0 spiro atoms. The van der Waals surface area contributed by atoms with Crippen LogP contribution in [0.4, 0.5) is 10.3 Å². The van der Waals surface area contributed by atoms with Crippen molar-refractivity contribution in [1.29, 1.82) is 5.26 Å². The topological polar surface area (TPSA) is 103 Å². The molecule has 2 N–H and O–H groups in total. The van der Waals surface area contributed by atoms with Crippen LogP contribution in [0.2, 0.25) is 0 Å². The first kappa shape index (κ1) is 17.3. The fraction of sp³-hybridized carbons (Fsp3) is 0.190. The van der Waals surface area contributed by atoms with Crippen molar-refractivity contribution in [1.82, 2.24) is 25.1 Å². The second kappa shape index (κ2) is 6.63. The summed E-state index contributed by atoms with van der Waals surface area (Å²) in [6.45, 7) is 0. The van der Waals surface area contributed by atoms with E-state index < -0.39 is 5.54 Å². The summed E-state index contributed by atoms with van der Waals surface area (Å²) in [4.78, 5) is 13.1. The highest BCUT2D eigenvalue weighted by Crippen LogP contribution is 2.43. The van der Waals surface area contributed by atoms with E-state index in [1.807, 2.05) is 18.2 Å². The number of aromatic amines is 1. The average molecular weight is 385 g/mol. The van der Waals surface area contributed by atoms with Gasteiger partial charge in [0.2, 0.25) is 5.95 Å². The Morgan fingerprint density at radius 3 is 2.62 bits per heavy atom. The van der Waals surface area contributed by atoms with E-state index in [4.69, 9.17) is 0 Å². The first-order valence-corrected chi connectivity index (χ1v) is 9.28. The molecule has 1 aromatic carbocycles. The van der Waals surface area contributed by atoms with Crippen LogP contribution in [0.25, 0.3) is 22.0 Å². The predicted molar refractivity (Wildman–Crippen MR) is 105 cm³/mol. The number of hydrogen-bond acceptors (Lipinski definition) is 6. The Kier molecular flexibility index (Phi) is 3.95. The Morgan fingerprint density at radius 1 is 1.10 bits per heavy atom. The number of anilines is 1. The molecule has 0 amide bonds. The molecule has 5 rings (SSSR count). The molecule has 0 bridgehead atoms. The summed E-state index contributed by atoms with van der Waals surface area (Å²) in [6, 6.07) is 10.8. The quantitative estimate of drug-likeness (QED) is 0.552. The average Bonchev–Trinajstić information content (AvgIpc) is 3.14. The van der Waals surface area contributed by atoms with Crippen LogP contribution in [-0.4, -0.2) is 25.1 Å². The Hall–Kier alpha value is -3.86. The van der Waals surface area contributed by atoms with Crippen LogP contribution < -0.4 is 5.32 Å². The summed E-state index contributed by atoms with van der Waals surface area (Å²) >= 11 is 0. The molecule has 1 fully saturated rings. The zero-order chi connectivity index (χ0) is 19.8. The van der Waals surface area contributed by atoms with Crippen molar-refractivity contribution in [3.63, 3.8) is 0 Å². The van der Waals surface area contributed by atoms with Gasteiger partial charge in [0.25, 0.3) is 0 Å². The second-order valence-corrected chi connectivity index (χ2v) is 7.13. The van der Waals surface area contributed by atoms with Gasteiger partial charge in [0.15, 0.2) is 5.69 Å². The van der Waals surface area contributed by atoms with Gasteiger partial charge in [-0.3, -0.25) is 10.1 Å². The zero-order valence-electron chi connectivity index (χ0n) is 15.4. The lowest BCUT2D eigenvalue weighted by molar-refractivity contribution is 0.264. The maximum absolute atomic E-state index is 14.3. The highest BCUT2D eigenvalue weighted by Gasteiger charge is 2.42. The molecule has 0 atom stereocenters. The van der Waals surface area contributed by atoms with E-state index in [0.717, 1.165) is 41.3 Å². The normalized spacial score (nSPS) is 14.9. The van der Waals surface area contributed by atoms with Crippen LogP contribution in [0.1, 0.15) is 30.7 Å². The molecule has 1 aliphatic rings. The number of pyridine rings is 1. The number of nitrogens with one attached hydrogen (secondary N) is 2. The van der Waals surface area contributed by atoms with Crippen LogP contribution >= 0.6 is 0 Å². The number of nitrogens with zero attached hydrogens (tertiary/aromatic N) is 5. The minimum atomic E-state index is -0.565. The van der Waals surface area contributed by atoms with Crippen LogP contribution in [0.3, 0.4) is 0 Å². The molecule has 3 heterocycles. The standard InChI is InChI=1S/C21H16FN7/c22-16-3-1-8-24-19(16)21(6-2-7-21)27-20-25-11-14(12-26-20)13-4-5-17-15(9-13)18(10-23)29-28-17/h1,3-5,8-9,11-12H,2,6-7H2,(H,28,29)(H,25,26,27). The van der Waals surface area contributed by atoms with Crippen molar-refractivity contribution in [3.8, 4) is 17.2 Å². The molecule has 1 saturated carbocycles. The minimum absolute atomic E-state index is 0.321. The third-order valence-corrected chi connectivity index (χ3v) is 5.42. The van der Waals surface area contributed by atoms with Gasteiger partial charge in [0.05, 0.1) is 11.1 Å². The lowest BCUT2D eigenvalue weighted by Gasteiger charge is -2.42. The van der Waals surface area contributed by atoms with Crippen LogP contribution in [0.15, 0.2) is 48.9 Å².